The van der Waals surface area contributed by atoms with E-state index in [0.29, 0.717) is 6.04 Å². The van der Waals surface area contributed by atoms with Gasteiger partial charge in [-0.1, -0.05) is 22.0 Å². The smallest absolute Gasteiger partial charge is 0.106 e. The molecule has 2 rings (SSSR count). The van der Waals surface area contributed by atoms with E-state index in [9.17, 15) is 5.26 Å². The number of nitrogens with one attached hydrogen (secondary N) is 1. The van der Waals surface area contributed by atoms with Crippen molar-refractivity contribution in [2.45, 2.75) is 44.2 Å². The van der Waals surface area contributed by atoms with Crippen molar-refractivity contribution < 1.29 is 0 Å². The van der Waals surface area contributed by atoms with E-state index >= 15 is 0 Å². The fraction of sp³-hybridized carbons (Fsp3) is 0.562. The Labute approximate surface area is 130 Å². The first-order valence-electron chi connectivity index (χ1n) is 7.10. The van der Waals surface area contributed by atoms with Crippen LogP contribution in [0.1, 0.15) is 31.2 Å². The van der Waals surface area contributed by atoms with Gasteiger partial charge in [0.05, 0.1) is 6.07 Å². The number of hydrogen-bond donors (Lipinski definition) is 1. The van der Waals surface area contributed by atoms with E-state index in [-0.39, 0.29) is 5.54 Å². The van der Waals surface area contributed by atoms with Gasteiger partial charge in [-0.2, -0.15) is 5.26 Å². The fourth-order valence-corrected chi connectivity index (χ4v) is 3.41. The SMILES string of the molecule is CNC1(C#N)CCC(N(C)c2cc(Br)ccc2C)CC1. The summed E-state index contributed by atoms with van der Waals surface area (Å²) in [5.74, 6) is 0. The first kappa shape index (κ1) is 15.3. The normalized spacial score (nSPS) is 26.1. The van der Waals surface area contributed by atoms with Gasteiger partial charge >= 0.3 is 0 Å². The predicted molar refractivity (Wildman–Crippen MR) is 86.9 cm³/mol. The first-order chi connectivity index (χ1) is 9.51. The van der Waals surface area contributed by atoms with Gasteiger partial charge < -0.3 is 10.2 Å². The van der Waals surface area contributed by atoms with Gasteiger partial charge in [-0.25, -0.2) is 0 Å². The van der Waals surface area contributed by atoms with Gasteiger partial charge in [0, 0.05) is 23.2 Å². The van der Waals surface area contributed by atoms with Crippen LogP contribution < -0.4 is 10.2 Å². The molecule has 0 aliphatic heterocycles. The summed E-state index contributed by atoms with van der Waals surface area (Å²) >= 11 is 3.55. The Morgan fingerprint density at radius 1 is 1.40 bits per heavy atom. The minimum Gasteiger partial charge on any atom is -0.371 e. The zero-order valence-electron chi connectivity index (χ0n) is 12.4. The summed E-state index contributed by atoms with van der Waals surface area (Å²) in [7, 11) is 4.06. The molecule has 1 aliphatic rings. The van der Waals surface area contributed by atoms with E-state index in [2.05, 4.69) is 64.4 Å². The Morgan fingerprint density at radius 2 is 2.05 bits per heavy atom. The summed E-state index contributed by atoms with van der Waals surface area (Å²) in [5.41, 5.74) is 2.25. The number of hydrogen-bond acceptors (Lipinski definition) is 3. The van der Waals surface area contributed by atoms with E-state index in [1.165, 1.54) is 11.3 Å². The lowest BCUT2D eigenvalue weighted by Gasteiger charge is -2.40. The third kappa shape index (κ3) is 2.99. The van der Waals surface area contributed by atoms with Gasteiger partial charge in [-0.15, -0.1) is 0 Å². The highest BCUT2D eigenvalue weighted by molar-refractivity contribution is 9.10. The molecule has 0 atom stereocenters. The summed E-state index contributed by atoms with van der Waals surface area (Å²) in [6.45, 7) is 2.15. The predicted octanol–water partition coefficient (Wildman–Crippen LogP) is 3.62. The maximum atomic E-state index is 9.33. The van der Waals surface area contributed by atoms with Crippen LogP contribution in [0.3, 0.4) is 0 Å². The van der Waals surface area contributed by atoms with Gasteiger partial charge in [0.25, 0.3) is 0 Å². The Morgan fingerprint density at radius 3 is 2.60 bits per heavy atom. The van der Waals surface area contributed by atoms with Gasteiger partial charge in [0.1, 0.15) is 5.54 Å². The quantitative estimate of drug-likeness (QED) is 0.916. The van der Waals surface area contributed by atoms with Crippen molar-refractivity contribution in [1.82, 2.24) is 5.32 Å². The number of rotatable bonds is 3. The highest BCUT2D eigenvalue weighted by atomic mass is 79.9. The Hall–Kier alpha value is -1.05. The number of nitriles is 1. The zero-order chi connectivity index (χ0) is 14.8. The fourth-order valence-electron chi connectivity index (χ4n) is 3.06. The van der Waals surface area contributed by atoms with Crippen LogP contribution in [0.5, 0.6) is 0 Å². The van der Waals surface area contributed by atoms with E-state index < -0.39 is 0 Å². The van der Waals surface area contributed by atoms with Gasteiger partial charge in [0.2, 0.25) is 0 Å². The molecule has 1 aliphatic carbocycles. The molecule has 0 amide bonds. The molecule has 4 heteroatoms. The van der Waals surface area contributed by atoms with Crippen LogP contribution >= 0.6 is 15.9 Å². The minimum atomic E-state index is -0.316. The molecule has 0 saturated heterocycles. The third-order valence-corrected chi connectivity index (χ3v) is 5.09. The molecule has 0 heterocycles. The molecule has 0 aromatic heterocycles. The Kier molecular flexibility index (Phi) is 4.72. The van der Waals surface area contributed by atoms with Crippen LogP contribution in [-0.4, -0.2) is 25.7 Å². The minimum absolute atomic E-state index is 0.316. The van der Waals surface area contributed by atoms with E-state index in [1.54, 1.807) is 0 Å². The van der Waals surface area contributed by atoms with Crippen LogP contribution in [-0.2, 0) is 0 Å². The standard InChI is InChI=1S/C16H22BrN3/c1-12-4-5-13(17)10-15(12)20(3)14-6-8-16(11-18,19-2)9-7-14/h4-5,10,14,19H,6-9H2,1-3H3. The molecular weight excluding hydrogens is 314 g/mol. The Balaban J connectivity index is 2.11. The van der Waals surface area contributed by atoms with Crippen molar-refractivity contribution in [1.29, 1.82) is 5.26 Å². The van der Waals surface area contributed by atoms with Gasteiger partial charge in [-0.3, -0.25) is 0 Å². The van der Waals surface area contributed by atoms with Crippen LogP contribution in [0.2, 0.25) is 0 Å². The summed E-state index contributed by atoms with van der Waals surface area (Å²) in [6.07, 6.45) is 3.94. The average molecular weight is 336 g/mol. The molecular formula is C16H22BrN3. The number of anilines is 1. The molecule has 0 spiro atoms. The number of nitrogens with zero attached hydrogens (tertiary/aromatic N) is 2. The topological polar surface area (TPSA) is 39.1 Å². The van der Waals surface area contributed by atoms with Crippen molar-refractivity contribution in [2.24, 2.45) is 0 Å². The lowest BCUT2D eigenvalue weighted by Crippen LogP contribution is -2.48. The van der Waals surface area contributed by atoms with E-state index in [1.807, 2.05) is 7.05 Å². The van der Waals surface area contributed by atoms with Gasteiger partial charge in [-0.05, 0) is 57.4 Å². The van der Waals surface area contributed by atoms with Gasteiger partial charge in [0.15, 0.2) is 0 Å². The van der Waals surface area contributed by atoms with Crippen molar-refractivity contribution >= 4 is 21.6 Å². The van der Waals surface area contributed by atoms with Crippen LogP contribution in [0, 0.1) is 18.3 Å². The lowest BCUT2D eigenvalue weighted by atomic mass is 9.80. The van der Waals surface area contributed by atoms with Crippen molar-refractivity contribution in [3.63, 3.8) is 0 Å². The number of aryl methyl sites for hydroxylation is 1. The second-order valence-electron chi connectivity index (χ2n) is 5.72. The maximum Gasteiger partial charge on any atom is 0.106 e. The monoisotopic (exact) mass is 335 g/mol. The second kappa shape index (κ2) is 6.15. The summed E-state index contributed by atoms with van der Waals surface area (Å²) in [4.78, 5) is 2.37. The largest absolute Gasteiger partial charge is 0.371 e. The molecule has 3 nitrogen and oxygen atoms in total. The van der Waals surface area contributed by atoms with Crippen molar-refractivity contribution in [3.8, 4) is 6.07 Å². The Bertz CT molecular complexity index is 513. The number of halogens is 1. The third-order valence-electron chi connectivity index (χ3n) is 4.60. The highest BCUT2D eigenvalue weighted by Gasteiger charge is 2.35. The van der Waals surface area contributed by atoms with E-state index in [0.717, 1.165) is 30.2 Å². The zero-order valence-corrected chi connectivity index (χ0v) is 14.0. The molecule has 1 aromatic rings. The molecule has 1 saturated carbocycles. The number of benzene rings is 1. The highest BCUT2D eigenvalue weighted by Crippen LogP contribution is 2.33. The van der Waals surface area contributed by atoms with Crippen LogP contribution in [0.4, 0.5) is 5.69 Å². The van der Waals surface area contributed by atoms with Crippen LogP contribution in [0.25, 0.3) is 0 Å². The molecule has 0 radical (unpaired) electrons. The molecule has 1 fully saturated rings. The molecule has 0 bridgehead atoms. The van der Waals surface area contributed by atoms with Crippen molar-refractivity contribution in [2.75, 3.05) is 19.0 Å². The molecule has 1 N–H and O–H groups in total. The summed E-state index contributed by atoms with van der Waals surface area (Å²) in [5, 5.41) is 12.5. The summed E-state index contributed by atoms with van der Waals surface area (Å²) < 4.78 is 1.11. The second-order valence-corrected chi connectivity index (χ2v) is 6.63. The molecule has 108 valence electrons. The maximum absolute atomic E-state index is 9.33. The van der Waals surface area contributed by atoms with Crippen molar-refractivity contribution in [3.05, 3.63) is 28.2 Å². The first-order valence-corrected chi connectivity index (χ1v) is 7.90. The van der Waals surface area contributed by atoms with Crippen LogP contribution in [0.15, 0.2) is 22.7 Å². The lowest BCUT2D eigenvalue weighted by molar-refractivity contribution is 0.287. The summed E-state index contributed by atoms with van der Waals surface area (Å²) in [6, 6.07) is 9.37. The average Bonchev–Trinajstić information content (AvgIpc) is 2.49. The molecule has 1 aromatic carbocycles. The molecule has 0 unspecified atom stereocenters. The van der Waals surface area contributed by atoms with E-state index in [4.69, 9.17) is 0 Å². The molecule has 20 heavy (non-hydrogen) atoms.